The summed E-state index contributed by atoms with van der Waals surface area (Å²) in [6.07, 6.45) is 2.09. The van der Waals surface area contributed by atoms with Gasteiger partial charge in [-0.05, 0) is 73.5 Å². The third-order valence-corrected chi connectivity index (χ3v) is 4.41. The number of rotatable bonds is 6. The predicted octanol–water partition coefficient (Wildman–Crippen LogP) is 4.62. The summed E-state index contributed by atoms with van der Waals surface area (Å²) in [7, 11) is 0. The molecule has 0 aromatic heterocycles. The summed E-state index contributed by atoms with van der Waals surface area (Å²) < 4.78 is 5.74. The number of ether oxygens (including phenoxy) is 1. The van der Waals surface area contributed by atoms with E-state index in [0.29, 0.717) is 28.6 Å². The monoisotopic (exact) mass is 372 g/mol. The molecule has 0 spiro atoms. The Bertz CT molecular complexity index is 963. The molecule has 3 aromatic carbocycles. The van der Waals surface area contributed by atoms with Crippen molar-refractivity contribution in [3.8, 4) is 11.5 Å². The molecule has 3 aromatic rings. The lowest BCUT2D eigenvalue weighted by atomic mass is 10.1. The molecular weight excluding hydrogens is 352 g/mol. The minimum Gasteiger partial charge on any atom is -0.457 e. The van der Waals surface area contributed by atoms with Gasteiger partial charge in [0.1, 0.15) is 11.5 Å². The summed E-state index contributed by atoms with van der Waals surface area (Å²) in [6, 6.07) is 23.6. The van der Waals surface area contributed by atoms with Crippen molar-refractivity contribution >= 4 is 17.5 Å². The Labute approximate surface area is 163 Å². The molecule has 2 amide bonds. The summed E-state index contributed by atoms with van der Waals surface area (Å²) >= 11 is 0. The second-order valence-electron chi connectivity index (χ2n) is 6.72. The molecule has 1 fully saturated rings. The topological polar surface area (TPSA) is 67.4 Å². The molecule has 0 heterocycles. The molecule has 1 aliphatic carbocycles. The predicted molar refractivity (Wildman–Crippen MR) is 108 cm³/mol. The Balaban J connectivity index is 1.35. The van der Waals surface area contributed by atoms with E-state index in [4.69, 9.17) is 4.74 Å². The van der Waals surface area contributed by atoms with Crippen LogP contribution in [-0.2, 0) is 0 Å². The number of hydrogen-bond donors (Lipinski definition) is 2. The Morgan fingerprint density at radius 3 is 1.89 bits per heavy atom. The van der Waals surface area contributed by atoms with E-state index < -0.39 is 0 Å². The smallest absolute Gasteiger partial charge is 0.255 e. The fourth-order valence-electron chi connectivity index (χ4n) is 2.70. The summed E-state index contributed by atoms with van der Waals surface area (Å²) in [5.74, 6) is 1.12. The van der Waals surface area contributed by atoms with Gasteiger partial charge in [-0.3, -0.25) is 9.59 Å². The first-order valence-electron chi connectivity index (χ1n) is 9.23. The first-order valence-corrected chi connectivity index (χ1v) is 9.23. The largest absolute Gasteiger partial charge is 0.457 e. The third-order valence-electron chi connectivity index (χ3n) is 4.41. The molecular formula is C23H20N2O3. The second kappa shape index (κ2) is 7.96. The molecule has 5 heteroatoms. The van der Waals surface area contributed by atoms with Crippen LogP contribution in [0.3, 0.4) is 0 Å². The van der Waals surface area contributed by atoms with Gasteiger partial charge >= 0.3 is 0 Å². The summed E-state index contributed by atoms with van der Waals surface area (Å²) in [5.41, 5.74) is 1.72. The number of amides is 2. The molecule has 0 aliphatic heterocycles. The zero-order valence-corrected chi connectivity index (χ0v) is 15.2. The van der Waals surface area contributed by atoms with Crippen LogP contribution in [0.5, 0.6) is 11.5 Å². The normalized spacial score (nSPS) is 12.9. The summed E-state index contributed by atoms with van der Waals surface area (Å²) in [5, 5.41) is 5.78. The first-order chi connectivity index (χ1) is 13.7. The van der Waals surface area contributed by atoms with Crippen molar-refractivity contribution in [1.82, 2.24) is 5.32 Å². The molecule has 4 rings (SSSR count). The molecule has 2 N–H and O–H groups in total. The zero-order chi connectivity index (χ0) is 19.3. The molecule has 5 nitrogen and oxygen atoms in total. The summed E-state index contributed by atoms with van der Waals surface area (Å²) in [4.78, 5) is 24.4. The van der Waals surface area contributed by atoms with E-state index in [1.54, 1.807) is 48.5 Å². The van der Waals surface area contributed by atoms with E-state index >= 15 is 0 Å². The lowest BCUT2D eigenvalue weighted by molar-refractivity contribution is 0.0949. The van der Waals surface area contributed by atoms with Gasteiger partial charge in [-0.1, -0.05) is 18.2 Å². The van der Waals surface area contributed by atoms with Gasteiger partial charge in [0, 0.05) is 22.9 Å². The van der Waals surface area contributed by atoms with E-state index in [0.717, 1.165) is 18.6 Å². The Morgan fingerprint density at radius 1 is 0.714 bits per heavy atom. The highest BCUT2D eigenvalue weighted by atomic mass is 16.5. The number of benzene rings is 3. The van der Waals surface area contributed by atoms with E-state index in [1.807, 2.05) is 30.3 Å². The Kier molecular flexibility index (Phi) is 5.06. The van der Waals surface area contributed by atoms with Crippen molar-refractivity contribution in [1.29, 1.82) is 0 Å². The van der Waals surface area contributed by atoms with E-state index in [-0.39, 0.29) is 11.8 Å². The molecule has 0 saturated heterocycles. The minimum atomic E-state index is -0.231. The van der Waals surface area contributed by atoms with Crippen LogP contribution in [0.25, 0.3) is 0 Å². The zero-order valence-electron chi connectivity index (χ0n) is 15.2. The number of hydrogen-bond acceptors (Lipinski definition) is 3. The maximum Gasteiger partial charge on any atom is 0.255 e. The van der Waals surface area contributed by atoms with Crippen molar-refractivity contribution in [2.75, 3.05) is 5.32 Å². The number of carbonyl (C=O) groups excluding carboxylic acids is 2. The Hall–Kier alpha value is -3.60. The van der Waals surface area contributed by atoms with E-state index in [1.165, 1.54) is 0 Å². The number of anilines is 1. The van der Waals surface area contributed by atoms with Gasteiger partial charge in [-0.25, -0.2) is 0 Å². The fourth-order valence-corrected chi connectivity index (χ4v) is 2.70. The number of para-hydroxylation sites is 1. The molecule has 0 atom stereocenters. The highest BCUT2D eigenvalue weighted by Crippen LogP contribution is 2.23. The van der Waals surface area contributed by atoms with Gasteiger partial charge in [-0.2, -0.15) is 0 Å². The molecule has 0 unspecified atom stereocenters. The van der Waals surface area contributed by atoms with E-state index in [2.05, 4.69) is 10.6 Å². The van der Waals surface area contributed by atoms with Crippen LogP contribution in [-0.4, -0.2) is 17.9 Å². The van der Waals surface area contributed by atoms with Crippen LogP contribution in [0.1, 0.15) is 33.6 Å². The molecule has 140 valence electrons. The van der Waals surface area contributed by atoms with Crippen molar-refractivity contribution in [3.63, 3.8) is 0 Å². The quantitative estimate of drug-likeness (QED) is 0.663. The van der Waals surface area contributed by atoms with Gasteiger partial charge < -0.3 is 15.4 Å². The number of carbonyl (C=O) groups is 2. The van der Waals surface area contributed by atoms with Gasteiger partial charge in [0.2, 0.25) is 0 Å². The van der Waals surface area contributed by atoms with Crippen molar-refractivity contribution in [2.45, 2.75) is 18.9 Å². The van der Waals surface area contributed by atoms with Gasteiger partial charge in [0.25, 0.3) is 11.8 Å². The van der Waals surface area contributed by atoms with Crippen molar-refractivity contribution < 1.29 is 14.3 Å². The average Bonchev–Trinajstić information content (AvgIpc) is 3.54. The van der Waals surface area contributed by atoms with Crippen LogP contribution >= 0.6 is 0 Å². The van der Waals surface area contributed by atoms with Crippen molar-refractivity contribution in [2.24, 2.45) is 0 Å². The first kappa shape index (κ1) is 17.8. The molecule has 0 radical (unpaired) electrons. The van der Waals surface area contributed by atoms with Crippen LogP contribution in [0, 0.1) is 0 Å². The number of nitrogens with one attached hydrogen (secondary N) is 2. The molecule has 1 aliphatic rings. The SMILES string of the molecule is O=C(Nc1ccc(Oc2ccccc2)cc1)c1ccc(C(=O)NC2CC2)cc1. The third kappa shape index (κ3) is 4.57. The molecule has 28 heavy (non-hydrogen) atoms. The molecule has 1 saturated carbocycles. The maximum atomic E-state index is 12.4. The standard InChI is InChI=1S/C23H20N2O3/c26-22(24-18-10-11-18)16-6-8-17(9-7-16)23(27)25-19-12-14-21(15-13-19)28-20-4-2-1-3-5-20/h1-9,12-15,18H,10-11H2,(H,24,26)(H,25,27). The minimum absolute atomic E-state index is 0.0940. The highest BCUT2D eigenvalue weighted by Gasteiger charge is 2.23. The van der Waals surface area contributed by atoms with Gasteiger partial charge in [0.05, 0.1) is 0 Å². The van der Waals surface area contributed by atoms with Crippen LogP contribution < -0.4 is 15.4 Å². The lowest BCUT2D eigenvalue weighted by Crippen LogP contribution is -2.25. The fraction of sp³-hybridized carbons (Fsp3) is 0.130. The lowest BCUT2D eigenvalue weighted by Gasteiger charge is -2.09. The average molecular weight is 372 g/mol. The molecule has 0 bridgehead atoms. The second-order valence-corrected chi connectivity index (χ2v) is 6.72. The highest BCUT2D eigenvalue weighted by molar-refractivity contribution is 6.05. The van der Waals surface area contributed by atoms with Crippen molar-refractivity contribution in [3.05, 3.63) is 90.0 Å². The van der Waals surface area contributed by atoms with Gasteiger partial charge in [-0.15, -0.1) is 0 Å². The summed E-state index contributed by atoms with van der Waals surface area (Å²) in [6.45, 7) is 0. The van der Waals surface area contributed by atoms with E-state index in [9.17, 15) is 9.59 Å². The van der Waals surface area contributed by atoms with Crippen LogP contribution in [0.4, 0.5) is 5.69 Å². The van der Waals surface area contributed by atoms with Gasteiger partial charge in [0.15, 0.2) is 0 Å². The maximum absolute atomic E-state index is 12.4. The Morgan fingerprint density at radius 2 is 1.29 bits per heavy atom. The van der Waals surface area contributed by atoms with Crippen LogP contribution in [0.15, 0.2) is 78.9 Å². The van der Waals surface area contributed by atoms with Crippen LogP contribution in [0.2, 0.25) is 0 Å².